The molecule has 1 N–H and O–H groups in total. The van der Waals surface area contributed by atoms with Crippen molar-refractivity contribution in [3.63, 3.8) is 0 Å². The lowest BCUT2D eigenvalue weighted by atomic mass is 10.0. The summed E-state index contributed by atoms with van der Waals surface area (Å²) in [5.74, 6) is -0.494. The molecule has 0 aliphatic carbocycles. The molecule has 126 valence electrons. The highest BCUT2D eigenvalue weighted by Gasteiger charge is 2.30. The summed E-state index contributed by atoms with van der Waals surface area (Å²) in [6, 6.07) is 6.16. The van der Waals surface area contributed by atoms with Gasteiger partial charge in [0.15, 0.2) is 0 Å². The van der Waals surface area contributed by atoms with Crippen LogP contribution in [0.2, 0.25) is 0 Å². The lowest BCUT2D eigenvalue weighted by Crippen LogP contribution is -2.56. The molecule has 1 unspecified atom stereocenters. The summed E-state index contributed by atoms with van der Waals surface area (Å²) >= 11 is 0. The number of para-hydroxylation sites is 1. The van der Waals surface area contributed by atoms with Crippen LogP contribution in [-0.2, 0) is 9.59 Å². The maximum Gasteiger partial charge on any atom is 0.245 e. The van der Waals surface area contributed by atoms with Crippen LogP contribution in [0.25, 0.3) is 0 Å². The number of piperazine rings is 1. The Morgan fingerprint density at radius 3 is 2.26 bits per heavy atom. The van der Waals surface area contributed by atoms with Crippen molar-refractivity contribution in [1.82, 2.24) is 10.2 Å². The number of carbonyl (C=O) groups excluding carboxylic acids is 2. The van der Waals surface area contributed by atoms with Crippen molar-refractivity contribution in [2.75, 3.05) is 31.1 Å². The van der Waals surface area contributed by atoms with Crippen molar-refractivity contribution in [2.24, 2.45) is 5.92 Å². The molecule has 0 spiro atoms. The van der Waals surface area contributed by atoms with Gasteiger partial charge in [0, 0.05) is 33.1 Å². The minimum Gasteiger partial charge on any atom is -0.366 e. The number of amides is 2. The molecule has 1 atom stereocenters. The Labute approximate surface area is 136 Å². The summed E-state index contributed by atoms with van der Waals surface area (Å²) in [5, 5.41) is 2.72. The Hall–Kier alpha value is -2.11. The summed E-state index contributed by atoms with van der Waals surface area (Å²) in [6.45, 7) is 7.45. The van der Waals surface area contributed by atoms with E-state index in [9.17, 15) is 14.0 Å². The van der Waals surface area contributed by atoms with Crippen LogP contribution in [-0.4, -0.2) is 48.9 Å². The molecule has 1 aliphatic rings. The van der Waals surface area contributed by atoms with E-state index in [0.717, 1.165) is 0 Å². The summed E-state index contributed by atoms with van der Waals surface area (Å²) < 4.78 is 13.8. The molecule has 1 saturated heterocycles. The van der Waals surface area contributed by atoms with Gasteiger partial charge in [0.25, 0.3) is 0 Å². The van der Waals surface area contributed by atoms with E-state index in [0.29, 0.717) is 31.9 Å². The highest BCUT2D eigenvalue weighted by atomic mass is 19.1. The largest absolute Gasteiger partial charge is 0.366 e. The number of rotatable bonds is 4. The molecule has 0 saturated carbocycles. The Bertz CT molecular complexity index is 569. The minimum absolute atomic E-state index is 0.0241. The summed E-state index contributed by atoms with van der Waals surface area (Å²) in [5.41, 5.74) is 0.571. The highest BCUT2D eigenvalue weighted by Crippen LogP contribution is 2.20. The third-order valence-corrected chi connectivity index (χ3v) is 4.08. The fourth-order valence-corrected chi connectivity index (χ4v) is 2.81. The number of anilines is 1. The zero-order valence-corrected chi connectivity index (χ0v) is 13.9. The van der Waals surface area contributed by atoms with Gasteiger partial charge >= 0.3 is 0 Å². The van der Waals surface area contributed by atoms with Crippen LogP contribution in [0.4, 0.5) is 10.1 Å². The first kappa shape index (κ1) is 17.2. The second-order valence-corrected chi connectivity index (χ2v) is 6.19. The van der Waals surface area contributed by atoms with Crippen molar-refractivity contribution >= 4 is 17.5 Å². The van der Waals surface area contributed by atoms with Gasteiger partial charge in [-0.3, -0.25) is 9.59 Å². The monoisotopic (exact) mass is 321 g/mol. The maximum absolute atomic E-state index is 13.8. The first-order valence-corrected chi connectivity index (χ1v) is 7.95. The third kappa shape index (κ3) is 4.21. The van der Waals surface area contributed by atoms with Crippen molar-refractivity contribution in [3.05, 3.63) is 30.1 Å². The van der Waals surface area contributed by atoms with Crippen LogP contribution in [0.3, 0.4) is 0 Å². The fraction of sp³-hybridized carbons (Fsp3) is 0.529. The molecule has 1 aromatic rings. The number of nitrogens with one attached hydrogen (secondary N) is 1. The van der Waals surface area contributed by atoms with Crippen molar-refractivity contribution in [2.45, 2.75) is 26.8 Å². The molecular weight excluding hydrogens is 297 g/mol. The van der Waals surface area contributed by atoms with Gasteiger partial charge in [-0.25, -0.2) is 4.39 Å². The average Bonchev–Trinajstić information content (AvgIpc) is 2.52. The highest BCUT2D eigenvalue weighted by molar-refractivity contribution is 5.87. The quantitative estimate of drug-likeness (QED) is 0.917. The van der Waals surface area contributed by atoms with E-state index in [1.807, 2.05) is 24.8 Å². The Kier molecular flexibility index (Phi) is 5.58. The molecule has 2 amide bonds. The Morgan fingerprint density at radius 2 is 1.74 bits per heavy atom. The standard InChI is InChI=1S/C17H24FN3O2/c1-12(2)16(19-13(3)22)17(23)21-10-8-20(9-11-21)15-7-5-4-6-14(15)18/h4-7,12,16H,8-11H2,1-3H3,(H,19,22). The summed E-state index contributed by atoms with van der Waals surface area (Å²) in [4.78, 5) is 27.6. The van der Waals surface area contributed by atoms with E-state index >= 15 is 0 Å². The lowest BCUT2D eigenvalue weighted by Gasteiger charge is -2.38. The molecule has 0 aromatic heterocycles. The number of carbonyl (C=O) groups is 2. The van der Waals surface area contributed by atoms with Gasteiger partial charge in [0.2, 0.25) is 11.8 Å². The fourth-order valence-electron chi connectivity index (χ4n) is 2.81. The van der Waals surface area contributed by atoms with Crippen LogP contribution < -0.4 is 10.2 Å². The summed E-state index contributed by atoms with van der Waals surface area (Å²) in [7, 11) is 0. The van der Waals surface area contributed by atoms with Crippen LogP contribution in [0.15, 0.2) is 24.3 Å². The molecule has 2 rings (SSSR count). The van der Waals surface area contributed by atoms with E-state index in [2.05, 4.69) is 5.32 Å². The number of hydrogen-bond donors (Lipinski definition) is 1. The number of hydrogen-bond acceptors (Lipinski definition) is 3. The molecule has 0 radical (unpaired) electrons. The van der Waals surface area contributed by atoms with Crippen molar-refractivity contribution < 1.29 is 14.0 Å². The number of halogens is 1. The molecule has 1 aliphatic heterocycles. The van der Waals surface area contributed by atoms with Gasteiger partial charge in [-0.2, -0.15) is 0 Å². The van der Waals surface area contributed by atoms with Crippen LogP contribution in [0.1, 0.15) is 20.8 Å². The molecule has 1 aromatic carbocycles. The molecule has 1 heterocycles. The second-order valence-electron chi connectivity index (χ2n) is 6.19. The van der Waals surface area contributed by atoms with Crippen LogP contribution in [0.5, 0.6) is 0 Å². The van der Waals surface area contributed by atoms with Gasteiger partial charge in [0.1, 0.15) is 11.9 Å². The van der Waals surface area contributed by atoms with Crippen LogP contribution >= 0.6 is 0 Å². The molecule has 23 heavy (non-hydrogen) atoms. The first-order valence-electron chi connectivity index (χ1n) is 7.95. The summed E-state index contributed by atoms with van der Waals surface area (Å²) in [6.07, 6.45) is 0. The number of nitrogens with zero attached hydrogens (tertiary/aromatic N) is 2. The van der Waals surface area contributed by atoms with Gasteiger partial charge in [-0.1, -0.05) is 26.0 Å². The van der Waals surface area contributed by atoms with E-state index < -0.39 is 6.04 Å². The smallest absolute Gasteiger partial charge is 0.245 e. The average molecular weight is 321 g/mol. The van der Waals surface area contributed by atoms with E-state index in [1.165, 1.54) is 13.0 Å². The molecule has 5 nitrogen and oxygen atoms in total. The van der Waals surface area contributed by atoms with E-state index in [-0.39, 0.29) is 23.5 Å². The van der Waals surface area contributed by atoms with Gasteiger partial charge in [-0.15, -0.1) is 0 Å². The third-order valence-electron chi connectivity index (χ3n) is 4.08. The minimum atomic E-state index is -0.507. The van der Waals surface area contributed by atoms with Gasteiger partial charge in [-0.05, 0) is 18.1 Å². The second kappa shape index (κ2) is 7.44. The van der Waals surface area contributed by atoms with Crippen molar-refractivity contribution in [1.29, 1.82) is 0 Å². The van der Waals surface area contributed by atoms with Gasteiger partial charge in [0.05, 0.1) is 5.69 Å². The Balaban J connectivity index is 1.99. The molecular formula is C17H24FN3O2. The lowest BCUT2D eigenvalue weighted by molar-refractivity contribution is -0.137. The predicted octanol–water partition coefficient (Wildman–Crippen LogP) is 1.64. The Morgan fingerprint density at radius 1 is 1.13 bits per heavy atom. The maximum atomic E-state index is 13.8. The topological polar surface area (TPSA) is 52.7 Å². The number of benzene rings is 1. The molecule has 6 heteroatoms. The van der Waals surface area contributed by atoms with E-state index in [4.69, 9.17) is 0 Å². The SMILES string of the molecule is CC(=O)NC(C(=O)N1CCN(c2ccccc2F)CC1)C(C)C. The van der Waals surface area contributed by atoms with Gasteiger partial charge < -0.3 is 15.1 Å². The molecule has 1 fully saturated rings. The predicted molar refractivity (Wildman–Crippen MR) is 87.6 cm³/mol. The zero-order chi connectivity index (χ0) is 17.0. The zero-order valence-electron chi connectivity index (χ0n) is 13.9. The van der Waals surface area contributed by atoms with Crippen molar-refractivity contribution in [3.8, 4) is 0 Å². The van der Waals surface area contributed by atoms with E-state index in [1.54, 1.807) is 17.0 Å². The first-order chi connectivity index (χ1) is 10.9. The van der Waals surface area contributed by atoms with Crippen LogP contribution in [0, 0.1) is 11.7 Å². The molecule has 0 bridgehead atoms. The normalized spacial score (nSPS) is 16.4.